The Kier molecular flexibility index (Phi) is 4.80. The second kappa shape index (κ2) is 6.77. The number of carbonyl (C=O) groups is 1. The number of aryl methyl sites for hydroxylation is 2. The first kappa shape index (κ1) is 15.6. The number of aromatic nitrogens is 1. The van der Waals surface area contributed by atoms with Crippen LogP contribution in [0.4, 0.5) is 0 Å². The third-order valence-electron chi connectivity index (χ3n) is 3.35. The lowest BCUT2D eigenvalue weighted by Gasteiger charge is -2.09. The van der Waals surface area contributed by atoms with Gasteiger partial charge in [-0.25, -0.2) is 4.79 Å². The average Bonchev–Trinajstić information content (AvgIpc) is 2.85. The molecule has 0 saturated heterocycles. The Morgan fingerprint density at radius 3 is 2.27 bits per heavy atom. The van der Waals surface area contributed by atoms with E-state index in [1.165, 1.54) is 6.08 Å². The summed E-state index contributed by atoms with van der Waals surface area (Å²) in [4.78, 5) is 11.6. The highest BCUT2D eigenvalue weighted by atomic mass is 16.5. The molecule has 0 aliphatic rings. The van der Waals surface area contributed by atoms with E-state index in [0.717, 1.165) is 22.6 Å². The standard InChI is InChI=1S/C18H18N2O2/c1-4-22-18(21)16(12-19)11-15-7-9-17(10-8-15)20-13(2)5-6-14(20)3/h5-11H,4H2,1-3H3/b16-11+. The van der Waals surface area contributed by atoms with Crippen LogP contribution in [0, 0.1) is 25.2 Å². The van der Waals surface area contributed by atoms with E-state index in [-0.39, 0.29) is 12.2 Å². The highest BCUT2D eigenvalue weighted by molar-refractivity contribution is 5.97. The zero-order chi connectivity index (χ0) is 16.1. The van der Waals surface area contributed by atoms with Crippen molar-refractivity contribution in [2.45, 2.75) is 20.8 Å². The van der Waals surface area contributed by atoms with Crippen LogP contribution < -0.4 is 0 Å². The van der Waals surface area contributed by atoms with Crippen molar-refractivity contribution < 1.29 is 9.53 Å². The Morgan fingerprint density at radius 2 is 1.77 bits per heavy atom. The molecule has 1 aromatic heterocycles. The highest BCUT2D eigenvalue weighted by Gasteiger charge is 2.10. The number of esters is 1. The maximum atomic E-state index is 11.6. The number of nitrogens with zero attached hydrogens (tertiary/aromatic N) is 2. The first-order valence-electron chi connectivity index (χ1n) is 7.11. The van der Waals surface area contributed by atoms with Gasteiger partial charge in [-0.1, -0.05) is 12.1 Å². The van der Waals surface area contributed by atoms with Gasteiger partial charge in [0.25, 0.3) is 0 Å². The molecule has 0 saturated carbocycles. The number of nitriles is 1. The van der Waals surface area contributed by atoms with E-state index in [9.17, 15) is 4.79 Å². The van der Waals surface area contributed by atoms with E-state index >= 15 is 0 Å². The van der Waals surface area contributed by atoms with E-state index in [1.807, 2.05) is 30.3 Å². The van der Waals surface area contributed by atoms with Gasteiger partial charge in [0, 0.05) is 17.1 Å². The van der Waals surface area contributed by atoms with Gasteiger partial charge in [-0.15, -0.1) is 0 Å². The molecular formula is C18H18N2O2. The van der Waals surface area contributed by atoms with Gasteiger partial charge < -0.3 is 9.30 Å². The van der Waals surface area contributed by atoms with Crippen molar-refractivity contribution in [1.29, 1.82) is 5.26 Å². The highest BCUT2D eigenvalue weighted by Crippen LogP contribution is 2.18. The van der Waals surface area contributed by atoms with Crippen molar-refractivity contribution in [1.82, 2.24) is 4.57 Å². The number of hydrogen-bond acceptors (Lipinski definition) is 3. The number of carbonyl (C=O) groups excluding carboxylic acids is 1. The maximum absolute atomic E-state index is 11.6. The van der Waals surface area contributed by atoms with Gasteiger partial charge in [-0.05, 0) is 56.7 Å². The molecule has 1 aromatic carbocycles. The van der Waals surface area contributed by atoms with E-state index in [4.69, 9.17) is 10.00 Å². The molecular weight excluding hydrogens is 276 g/mol. The second-order valence-corrected chi connectivity index (χ2v) is 4.93. The monoisotopic (exact) mass is 294 g/mol. The van der Waals surface area contributed by atoms with E-state index in [2.05, 4.69) is 30.5 Å². The van der Waals surface area contributed by atoms with Crippen LogP contribution in [-0.2, 0) is 9.53 Å². The second-order valence-electron chi connectivity index (χ2n) is 4.93. The molecule has 0 aliphatic heterocycles. The van der Waals surface area contributed by atoms with E-state index in [1.54, 1.807) is 6.92 Å². The fourth-order valence-corrected chi connectivity index (χ4v) is 2.31. The third kappa shape index (κ3) is 3.26. The maximum Gasteiger partial charge on any atom is 0.348 e. The summed E-state index contributed by atoms with van der Waals surface area (Å²) >= 11 is 0. The summed E-state index contributed by atoms with van der Waals surface area (Å²) in [6.07, 6.45) is 1.54. The Labute approximate surface area is 130 Å². The minimum absolute atomic E-state index is 0.00271. The fraction of sp³-hybridized carbons (Fsp3) is 0.222. The van der Waals surface area contributed by atoms with Crippen molar-refractivity contribution in [3.05, 3.63) is 58.9 Å². The predicted octanol–water partition coefficient (Wildman–Crippen LogP) is 3.56. The van der Waals surface area contributed by atoms with Crippen molar-refractivity contribution in [2.24, 2.45) is 0 Å². The summed E-state index contributed by atoms with van der Waals surface area (Å²) < 4.78 is 6.99. The average molecular weight is 294 g/mol. The van der Waals surface area contributed by atoms with Gasteiger partial charge in [-0.3, -0.25) is 0 Å². The summed E-state index contributed by atoms with van der Waals surface area (Å²) in [6.45, 7) is 6.07. The minimum atomic E-state index is -0.592. The normalized spacial score (nSPS) is 11.1. The Hall–Kier alpha value is -2.80. The summed E-state index contributed by atoms with van der Waals surface area (Å²) in [7, 11) is 0. The van der Waals surface area contributed by atoms with Crippen LogP contribution in [0.25, 0.3) is 11.8 Å². The topological polar surface area (TPSA) is 55.0 Å². The van der Waals surface area contributed by atoms with E-state index < -0.39 is 5.97 Å². The van der Waals surface area contributed by atoms with Crippen LogP contribution in [-0.4, -0.2) is 17.1 Å². The lowest BCUT2D eigenvalue weighted by molar-refractivity contribution is -0.137. The van der Waals surface area contributed by atoms with Gasteiger partial charge in [0.05, 0.1) is 6.61 Å². The molecule has 0 bridgehead atoms. The molecule has 22 heavy (non-hydrogen) atoms. The van der Waals surface area contributed by atoms with Crippen LogP contribution in [0.15, 0.2) is 42.0 Å². The molecule has 0 radical (unpaired) electrons. The van der Waals surface area contributed by atoms with Gasteiger partial charge >= 0.3 is 5.97 Å². The molecule has 2 rings (SSSR count). The van der Waals surface area contributed by atoms with Crippen LogP contribution in [0.1, 0.15) is 23.9 Å². The molecule has 1 heterocycles. The number of hydrogen-bond donors (Lipinski definition) is 0. The SMILES string of the molecule is CCOC(=O)/C(C#N)=C/c1ccc(-n2c(C)ccc2C)cc1. The van der Waals surface area contributed by atoms with E-state index in [0.29, 0.717) is 0 Å². The zero-order valence-electron chi connectivity index (χ0n) is 13.0. The van der Waals surface area contributed by atoms with Crippen LogP contribution >= 0.6 is 0 Å². The molecule has 4 nitrogen and oxygen atoms in total. The number of benzene rings is 1. The van der Waals surface area contributed by atoms with Crippen LogP contribution in [0.3, 0.4) is 0 Å². The van der Waals surface area contributed by atoms with Crippen LogP contribution in [0.2, 0.25) is 0 Å². The molecule has 0 aliphatic carbocycles. The molecule has 0 amide bonds. The Balaban J connectivity index is 2.30. The molecule has 4 heteroatoms. The molecule has 0 atom stereocenters. The third-order valence-corrected chi connectivity index (χ3v) is 3.35. The molecule has 2 aromatic rings. The predicted molar refractivity (Wildman–Crippen MR) is 85.5 cm³/mol. The van der Waals surface area contributed by atoms with Crippen molar-refractivity contribution in [3.63, 3.8) is 0 Å². The fourth-order valence-electron chi connectivity index (χ4n) is 2.31. The molecule has 112 valence electrons. The zero-order valence-corrected chi connectivity index (χ0v) is 13.0. The first-order valence-corrected chi connectivity index (χ1v) is 7.11. The summed E-state index contributed by atoms with van der Waals surface area (Å²) in [5.41, 5.74) is 4.15. The van der Waals surface area contributed by atoms with Crippen molar-refractivity contribution in [2.75, 3.05) is 6.61 Å². The van der Waals surface area contributed by atoms with Crippen molar-refractivity contribution in [3.8, 4) is 11.8 Å². The van der Waals surface area contributed by atoms with Gasteiger partial charge in [-0.2, -0.15) is 5.26 Å². The van der Waals surface area contributed by atoms with Crippen molar-refractivity contribution >= 4 is 12.0 Å². The lowest BCUT2D eigenvalue weighted by Crippen LogP contribution is -2.06. The largest absolute Gasteiger partial charge is 0.462 e. The summed E-state index contributed by atoms with van der Waals surface area (Å²) in [5.74, 6) is -0.592. The lowest BCUT2D eigenvalue weighted by atomic mass is 10.1. The Bertz CT molecular complexity index is 727. The summed E-state index contributed by atoms with van der Waals surface area (Å²) in [6, 6.07) is 13.7. The quantitative estimate of drug-likeness (QED) is 0.492. The molecule has 0 N–H and O–H groups in total. The summed E-state index contributed by atoms with van der Waals surface area (Å²) in [5, 5.41) is 9.04. The molecule has 0 unspecified atom stereocenters. The minimum Gasteiger partial charge on any atom is -0.462 e. The smallest absolute Gasteiger partial charge is 0.348 e. The van der Waals surface area contributed by atoms with Gasteiger partial charge in [0.1, 0.15) is 11.6 Å². The number of rotatable bonds is 4. The van der Waals surface area contributed by atoms with Gasteiger partial charge in [0.2, 0.25) is 0 Å². The molecule has 0 spiro atoms. The molecule has 0 fully saturated rings. The van der Waals surface area contributed by atoms with Crippen LogP contribution in [0.5, 0.6) is 0 Å². The first-order chi connectivity index (χ1) is 10.6. The Morgan fingerprint density at radius 1 is 1.18 bits per heavy atom. The number of ether oxygens (including phenoxy) is 1. The van der Waals surface area contributed by atoms with Gasteiger partial charge in [0.15, 0.2) is 0 Å².